The van der Waals surface area contributed by atoms with Crippen molar-refractivity contribution in [3.05, 3.63) is 36.0 Å². The van der Waals surface area contributed by atoms with Crippen LogP contribution in [0.15, 0.2) is 30.3 Å². The Hall–Kier alpha value is -2.34. The summed E-state index contributed by atoms with van der Waals surface area (Å²) in [6, 6.07) is 9.44. The molecule has 2 rings (SSSR count). The molecule has 0 aliphatic rings. The topological polar surface area (TPSA) is 89.2 Å². The Balaban J connectivity index is 2.24. The molecule has 0 radical (unpaired) electrons. The minimum atomic E-state index is -0.282. The average molecular weight is 273 g/mol. The third-order valence-electron chi connectivity index (χ3n) is 3.07. The fraction of sp³-hybridized carbons (Fsp3) is 0.286. The molecule has 20 heavy (non-hydrogen) atoms. The highest BCUT2D eigenvalue weighted by molar-refractivity contribution is 6.05. The molecule has 1 aromatic carbocycles. The van der Waals surface area contributed by atoms with Crippen LogP contribution in [0.3, 0.4) is 0 Å². The number of para-hydroxylation sites is 1. The van der Waals surface area contributed by atoms with E-state index in [1.807, 2.05) is 43.3 Å². The number of nitrogens with one attached hydrogen (secondary N) is 2. The van der Waals surface area contributed by atoms with Crippen molar-refractivity contribution in [3.8, 4) is 0 Å². The molecule has 0 fully saturated rings. The van der Waals surface area contributed by atoms with Crippen molar-refractivity contribution in [2.75, 3.05) is 27.2 Å². The second-order valence-corrected chi connectivity index (χ2v) is 4.92. The lowest BCUT2D eigenvalue weighted by Crippen LogP contribution is -2.44. The molecule has 0 spiro atoms. The number of carbonyl (C=O) groups excluding carboxylic acids is 1. The van der Waals surface area contributed by atoms with Gasteiger partial charge in [0.05, 0.1) is 0 Å². The maximum atomic E-state index is 12.4. The first kappa shape index (κ1) is 14.1. The first-order valence-corrected chi connectivity index (χ1v) is 6.37. The summed E-state index contributed by atoms with van der Waals surface area (Å²) in [5, 5.41) is 8.53. The number of aromatic nitrogens is 1. The molecule has 0 atom stereocenters. The van der Waals surface area contributed by atoms with E-state index in [0.29, 0.717) is 18.8 Å². The van der Waals surface area contributed by atoms with Gasteiger partial charge in [0.15, 0.2) is 5.96 Å². The highest BCUT2D eigenvalue weighted by Gasteiger charge is 2.20. The van der Waals surface area contributed by atoms with E-state index in [1.165, 1.54) is 4.90 Å². The summed E-state index contributed by atoms with van der Waals surface area (Å²) < 4.78 is 0. The average Bonchev–Trinajstić information content (AvgIpc) is 2.81. The number of hydrogen-bond acceptors (Lipinski definition) is 3. The molecule has 0 unspecified atom stereocenters. The van der Waals surface area contributed by atoms with E-state index in [9.17, 15) is 4.79 Å². The molecule has 1 amide bonds. The van der Waals surface area contributed by atoms with Crippen LogP contribution in [0.2, 0.25) is 0 Å². The second kappa shape index (κ2) is 5.75. The SMILES string of the molecule is CN(C)CCN(C(=N)N)C(=O)c1cc2ccccc2[nH]1. The summed E-state index contributed by atoms with van der Waals surface area (Å²) >= 11 is 0. The van der Waals surface area contributed by atoms with Gasteiger partial charge in [0.25, 0.3) is 5.91 Å². The summed E-state index contributed by atoms with van der Waals surface area (Å²) in [4.78, 5) is 18.7. The minimum Gasteiger partial charge on any atom is -0.370 e. The van der Waals surface area contributed by atoms with Crippen LogP contribution in [-0.4, -0.2) is 53.8 Å². The number of hydrogen-bond donors (Lipinski definition) is 3. The van der Waals surface area contributed by atoms with E-state index in [4.69, 9.17) is 11.1 Å². The Kier molecular flexibility index (Phi) is 4.05. The van der Waals surface area contributed by atoms with Gasteiger partial charge in [-0.2, -0.15) is 0 Å². The lowest BCUT2D eigenvalue weighted by Gasteiger charge is -2.21. The summed E-state index contributed by atoms with van der Waals surface area (Å²) in [6.07, 6.45) is 0. The molecular weight excluding hydrogens is 254 g/mol. The van der Waals surface area contributed by atoms with Gasteiger partial charge in [0.1, 0.15) is 5.69 Å². The fourth-order valence-electron chi connectivity index (χ4n) is 1.97. The van der Waals surface area contributed by atoms with Crippen molar-refractivity contribution in [1.29, 1.82) is 5.41 Å². The summed E-state index contributed by atoms with van der Waals surface area (Å²) in [5.41, 5.74) is 6.85. The van der Waals surface area contributed by atoms with Crippen molar-refractivity contribution in [3.63, 3.8) is 0 Å². The van der Waals surface area contributed by atoms with E-state index in [2.05, 4.69) is 4.98 Å². The van der Waals surface area contributed by atoms with Crippen LogP contribution < -0.4 is 5.73 Å². The number of rotatable bonds is 4. The van der Waals surface area contributed by atoms with Crippen molar-refractivity contribution in [2.24, 2.45) is 5.73 Å². The van der Waals surface area contributed by atoms with E-state index >= 15 is 0 Å². The van der Waals surface area contributed by atoms with Gasteiger partial charge in [0, 0.05) is 24.0 Å². The molecule has 0 aliphatic heterocycles. The van der Waals surface area contributed by atoms with Crippen LogP contribution in [0, 0.1) is 5.41 Å². The third kappa shape index (κ3) is 2.97. The van der Waals surface area contributed by atoms with Gasteiger partial charge in [-0.1, -0.05) is 18.2 Å². The monoisotopic (exact) mass is 273 g/mol. The number of guanidine groups is 1. The van der Waals surface area contributed by atoms with Crippen molar-refractivity contribution >= 4 is 22.8 Å². The summed E-state index contributed by atoms with van der Waals surface area (Å²) in [6.45, 7) is 1.03. The van der Waals surface area contributed by atoms with Gasteiger partial charge < -0.3 is 15.6 Å². The largest absolute Gasteiger partial charge is 0.370 e. The number of nitrogens with two attached hydrogens (primary N) is 1. The van der Waals surface area contributed by atoms with Crippen molar-refractivity contribution in [2.45, 2.75) is 0 Å². The molecule has 1 heterocycles. The molecule has 4 N–H and O–H groups in total. The first-order valence-electron chi connectivity index (χ1n) is 6.37. The van der Waals surface area contributed by atoms with Crippen molar-refractivity contribution in [1.82, 2.24) is 14.8 Å². The van der Waals surface area contributed by atoms with Crippen LogP contribution >= 0.6 is 0 Å². The van der Waals surface area contributed by atoms with Gasteiger partial charge in [-0.05, 0) is 26.2 Å². The predicted molar refractivity (Wildman–Crippen MR) is 79.8 cm³/mol. The summed E-state index contributed by atoms with van der Waals surface area (Å²) in [7, 11) is 3.82. The molecule has 6 nitrogen and oxygen atoms in total. The number of nitrogens with zero attached hydrogens (tertiary/aromatic N) is 2. The zero-order valence-electron chi connectivity index (χ0n) is 11.7. The Morgan fingerprint density at radius 2 is 2.00 bits per heavy atom. The van der Waals surface area contributed by atoms with Crippen LogP contribution in [0.25, 0.3) is 10.9 Å². The molecule has 1 aromatic heterocycles. The zero-order valence-corrected chi connectivity index (χ0v) is 11.7. The fourth-order valence-corrected chi connectivity index (χ4v) is 1.97. The van der Waals surface area contributed by atoms with Crippen LogP contribution in [0.1, 0.15) is 10.5 Å². The Labute approximate surface area is 117 Å². The van der Waals surface area contributed by atoms with Gasteiger partial charge in [-0.15, -0.1) is 0 Å². The highest BCUT2D eigenvalue weighted by atomic mass is 16.2. The first-order chi connectivity index (χ1) is 9.49. The number of H-pyrrole nitrogens is 1. The lowest BCUT2D eigenvalue weighted by molar-refractivity contribution is 0.0833. The van der Waals surface area contributed by atoms with Gasteiger partial charge in [-0.3, -0.25) is 15.1 Å². The Bertz CT molecular complexity index is 598. The molecule has 2 aromatic rings. The predicted octanol–water partition coefficient (Wildman–Crippen LogP) is 1.07. The number of likely N-dealkylation sites (N-methyl/N-ethyl adjacent to an activating group) is 1. The molecule has 6 heteroatoms. The Morgan fingerprint density at radius 3 is 2.60 bits per heavy atom. The van der Waals surface area contributed by atoms with E-state index in [0.717, 1.165) is 10.9 Å². The van der Waals surface area contributed by atoms with E-state index in [1.54, 1.807) is 6.07 Å². The molecule has 0 saturated heterocycles. The van der Waals surface area contributed by atoms with E-state index in [-0.39, 0.29) is 11.9 Å². The standard InChI is InChI=1S/C14H19N5O/c1-18(2)7-8-19(14(15)16)13(20)12-9-10-5-3-4-6-11(10)17-12/h3-6,9,17H,7-8H2,1-2H3,(H3,15,16). The van der Waals surface area contributed by atoms with Gasteiger partial charge in [0.2, 0.25) is 0 Å². The molecule has 0 aliphatic carbocycles. The molecule has 106 valence electrons. The maximum absolute atomic E-state index is 12.4. The summed E-state index contributed by atoms with van der Waals surface area (Å²) in [5.74, 6) is -0.522. The van der Waals surface area contributed by atoms with Crippen LogP contribution in [0.4, 0.5) is 0 Å². The van der Waals surface area contributed by atoms with E-state index < -0.39 is 0 Å². The lowest BCUT2D eigenvalue weighted by atomic mass is 10.2. The van der Waals surface area contributed by atoms with Crippen LogP contribution in [-0.2, 0) is 0 Å². The van der Waals surface area contributed by atoms with Gasteiger partial charge in [-0.25, -0.2) is 0 Å². The van der Waals surface area contributed by atoms with Crippen molar-refractivity contribution < 1.29 is 4.79 Å². The smallest absolute Gasteiger partial charge is 0.277 e. The number of amides is 1. The number of fused-ring (bicyclic) bond motifs is 1. The molecule has 0 saturated carbocycles. The zero-order chi connectivity index (χ0) is 14.7. The number of aromatic amines is 1. The van der Waals surface area contributed by atoms with Gasteiger partial charge >= 0.3 is 0 Å². The minimum absolute atomic E-state index is 0.240. The number of benzene rings is 1. The third-order valence-corrected chi connectivity index (χ3v) is 3.07. The van der Waals surface area contributed by atoms with Crippen LogP contribution in [0.5, 0.6) is 0 Å². The highest BCUT2D eigenvalue weighted by Crippen LogP contribution is 2.15. The second-order valence-electron chi connectivity index (χ2n) is 4.92. The molecular formula is C14H19N5O. The maximum Gasteiger partial charge on any atom is 0.277 e. The number of carbonyl (C=O) groups is 1. The normalized spacial score (nSPS) is 10.9. The quantitative estimate of drug-likeness (QED) is 0.575. The Morgan fingerprint density at radius 1 is 1.30 bits per heavy atom. The molecule has 0 bridgehead atoms.